The number of likely N-dealkylation sites (tertiary alicyclic amines) is 1. The Morgan fingerprint density at radius 2 is 2.24 bits per heavy atom. The van der Waals surface area contributed by atoms with Gasteiger partial charge in [-0.15, -0.1) is 0 Å². The summed E-state index contributed by atoms with van der Waals surface area (Å²) in [5, 5.41) is 9.02. The largest absolute Gasteiger partial charge is 0.299 e. The maximum Gasteiger partial charge on any atom is 0.138 e. The number of benzene rings is 1. The van der Waals surface area contributed by atoms with Gasteiger partial charge in [0, 0.05) is 32.0 Å². The molecule has 0 radical (unpaired) electrons. The number of carbonyl (C=O) groups is 1. The number of nitriles is 1. The highest BCUT2D eigenvalue weighted by atomic mass is 16.1. The first-order chi connectivity index (χ1) is 8.20. The quantitative estimate of drug-likeness (QED) is 0.777. The van der Waals surface area contributed by atoms with E-state index < -0.39 is 0 Å². The standard InChI is InChI=1S/C14H16N2O/c1-11-9-16(7-6-14(11)17)10-13-5-3-2-4-12(13)8-15/h2-5,11H,6-7,9-10H2,1H3. The molecule has 17 heavy (non-hydrogen) atoms. The number of piperidine rings is 1. The van der Waals surface area contributed by atoms with E-state index in [9.17, 15) is 4.79 Å². The zero-order chi connectivity index (χ0) is 12.3. The van der Waals surface area contributed by atoms with E-state index >= 15 is 0 Å². The van der Waals surface area contributed by atoms with Crippen LogP contribution in [0.5, 0.6) is 0 Å². The number of ketones is 1. The van der Waals surface area contributed by atoms with E-state index in [1.54, 1.807) is 0 Å². The molecule has 0 amide bonds. The van der Waals surface area contributed by atoms with E-state index in [-0.39, 0.29) is 5.92 Å². The molecule has 88 valence electrons. The third kappa shape index (κ3) is 2.72. The molecule has 1 atom stereocenters. The van der Waals surface area contributed by atoms with Crippen molar-refractivity contribution in [2.75, 3.05) is 13.1 Å². The zero-order valence-corrected chi connectivity index (χ0v) is 10.0. The summed E-state index contributed by atoms with van der Waals surface area (Å²) in [5.74, 6) is 0.479. The summed E-state index contributed by atoms with van der Waals surface area (Å²) in [5.41, 5.74) is 1.79. The van der Waals surface area contributed by atoms with Crippen LogP contribution in [0, 0.1) is 17.2 Å². The minimum atomic E-state index is 0.123. The number of hydrogen-bond acceptors (Lipinski definition) is 3. The van der Waals surface area contributed by atoms with Crippen LogP contribution in [0.25, 0.3) is 0 Å². The minimum absolute atomic E-state index is 0.123. The van der Waals surface area contributed by atoms with Gasteiger partial charge in [-0.2, -0.15) is 5.26 Å². The Morgan fingerprint density at radius 1 is 1.47 bits per heavy atom. The van der Waals surface area contributed by atoms with Gasteiger partial charge in [0.25, 0.3) is 0 Å². The Labute approximate surface area is 102 Å². The first kappa shape index (κ1) is 11.8. The second kappa shape index (κ2) is 5.11. The lowest BCUT2D eigenvalue weighted by molar-refractivity contribution is -0.125. The summed E-state index contributed by atoms with van der Waals surface area (Å²) in [4.78, 5) is 13.7. The normalized spacial score (nSPS) is 21.2. The van der Waals surface area contributed by atoms with Crippen LogP contribution in [0.4, 0.5) is 0 Å². The first-order valence-electron chi connectivity index (χ1n) is 5.94. The second-order valence-corrected chi connectivity index (χ2v) is 4.62. The molecule has 0 aliphatic carbocycles. The number of hydrogen-bond donors (Lipinski definition) is 0. The Hall–Kier alpha value is -1.66. The summed E-state index contributed by atoms with van der Waals surface area (Å²) < 4.78 is 0. The average molecular weight is 228 g/mol. The lowest BCUT2D eigenvalue weighted by atomic mass is 9.97. The van der Waals surface area contributed by atoms with Crippen molar-refractivity contribution in [3.63, 3.8) is 0 Å². The molecule has 1 saturated heterocycles. The summed E-state index contributed by atoms with van der Waals surface area (Å²) in [6.07, 6.45) is 0.635. The topological polar surface area (TPSA) is 44.1 Å². The van der Waals surface area contributed by atoms with Crippen molar-refractivity contribution >= 4 is 5.78 Å². The highest BCUT2D eigenvalue weighted by molar-refractivity contribution is 5.81. The van der Waals surface area contributed by atoms with Gasteiger partial charge in [-0.1, -0.05) is 25.1 Å². The molecule has 0 bridgehead atoms. The Morgan fingerprint density at radius 3 is 2.94 bits per heavy atom. The molecule has 1 aromatic rings. The predicted molar refractivity (Wildman–Crippen MR) is 65.2 cm³/mol. The van der Waals surface area contributed by atoms with E-state index in [1.165, 1.54) is 0 Å². The first-order valence-corrected chi connectivity index (χ1v) is 5.94. The van der Waals surface area contributed by atoms with E-state index in [0.717, 1.165) is 30.8 Å². The van der Waals surface area contributed by atoms with E-state index in [0.29, 0.717) is 12.2 Å². The van der Waals surface area contributed by atoms with Gasteiger partial charge >= 0.3 is 0 Å². The van der Waals surface area contributed by atoms with Gasteiger partial charge < -0.3 is 0 Å². The second-order valence-electron chi connectivity index (χ2n) is 4.62. The molecule has 1 aliphatic rings. The highest BCUT2D eigenvalue weighted by Crippen LogP contribution is 2.17. The fourth-order valence-corrected chi connectivity index (χ4v) is 2.25. The van der Waals surface area contributed by atoms with Gasteiger partial charge in [0.15, 0.2) is 0 Å². The molecular weight excluding hydrogens is 212 g/mol. The van der Waals surface area contributed by atoms with Gasteiger partial charge in [-0.05, 0) is 11.6 Å². The summed E-state index contributed by atoms with van der Waals surface area (Å²) in [6.45, 7) is 4.35. The van der Waals surface area contributed by atoms with Crippen LogP contribution in [0.2, 0.25) is 0 Å². The van der Waals surface area contributed by atoms with Crippen molar-refractivity contribution in [2.24, 2.45) is 5.92 Å². The van der Waals surface area contributed by atoms with E-state index in [1.807, 2.05) is 31.2 Å². The number of Topliss-reactive ketones (excluding diaryl/α,β-unsaturated/α-hetero) is 1. The smallest absolute Gasteiger partial charge is 0.138 e. The molecule has 1 fully saturated rings. The van der Waals surface area contributed by atoms with Crippen LogP contribution in [-0.4, -0.2) is 23.8 Å². The van der Waals surface area contributed by atoms with Crippen molar-refractivity contribution in [3.8, 4) is 6.07 Å². The van der Waals surface area contributed by atoms with Gasteiger partial charge in [-0.25, -0.2) is 0 Å². The molecule has 0 N–H and O–H groups in total. The molecule has 1 heterocycles. The fraction of sp³-hybridized carbons (Fsp3) is 0.429. The van der Waals surface area contributed by atoms with Crippen LogP contribution in [0.15, 0.2) is 24.3 Å². The lowest BCUT2D eigenvalue weighted by Crippen LogP contribution is -2.39. The molecule has 3 nitrogen and oxygen atoms in total. The van der Waals surface area contributed by atoms with Gasteiger partial charge in [0.05, 0.1) is 11.6 Å². The van der Waals surface area contributed by atoms with Crippen molar-refractivity contribution in [1.29, 1.82) is 5.26 Å². The van der Waals surface area contributed by atoms with Crippen LogP contribution < -0.4 is 0 Å². The Bertz CT molecular complexity index is 462. The van der Waals surface area contributed by atoms with E-state index in [2.05, 4.69) is 11.0 Å². The summed E-state index contributed by atoms with van der Waals surface area (Å²) in [7, 11) is 0. The molecule has 3 heteroatoms. The van der Waals surface area contributed by atoms with Crippen molar-refractivity contribution in [1.82, 2.24) is 4.90 Å². The van der Waals surface area contributed by atoms with Crippen LogP contribution in [0.1, 0.15) is 24.5 Å². The van der Waals surface area contributed by atoms with Crippen LogP contribution in [-0.2, 0) is 11.3 Å². The van der Waals surface area contributed by atoms with E-state index in [4.69, 9.17) is 5.26 Å². The molecule has 1 aliphatic heterocycles. The minimum Gasteiger partial charge on any atom is -0.299 e. The lowest BCUT2D eigenvalue weighted by Gasteiger charge is -2.30. The molecule has 0 spiro atoms. The third-order valence-electron chi connectivity index (χ3n) is 3.29. The predicted octanol–water partition coefficient (Wildman–Crippen LogP) is 1.97. The van der Waals surface area contributed by atoms with Crippen molar-refractivity contribution in [3.05, 3.63) is 35.4 Å². The van der Waals surface area contributed by atoms with Gasteiger partial charge in [-0.3, -0.25) is 9.69 Å². The Balaban J connectivity index is 2.07. The molecule has 0 saturated carbocycles. The van der Waals surface area contributed by atoms with Crippen LogP contribution in [0.3, 0.4) is 0 Å². The highest BCUT2D eigenvalue weighted by Gasteiger charge is 2.23. The molecule has 2 rings (SSSR count). The zero-order valence-electron chi connectivity index (χ0n) is 10.0. The van der Waals surface area contributed by atoms with Crippen molar-refractivity contribution < 1.29 is 4.79 Å². The van der Waals surface area contributed by atoms with Gasteiger partial charge in [0.1, 0.15) is 5.78 Å². The third-order valence-corrected chi connectivity index (χ3v) is 3.29. The maximum atomic E-state index is 11.4. The number of rotatable bonds is 2. The average Bonchev–Trinajstić information content (AvgIpc) is 2.34. The maximum absolute atomic E-state index is 11.4. The Kier molecular flexibility index (Phi) is 3.55. The number of carbonyl (C=O) groups excluding carboxylic acids is 1. The van der Waals surface area contributed by atoms with Crippen molar-refractivity contribution in [2.45, 2.75) is 19.9 Å². The summed E-state index contributed by atoms with van der Waals surface area (Å²) >= 11 is 0. The molecule has 1 aromatic carbocycles. The number of nitrogens with zero attached hydrogens (tertiary/aromatic N) is 2. The molecular formula is C14H16N2O. The fourth-order valence-electron chi connectivity index (χ4n) is 2.25. The van der Waals surface area contributed by atoms with Crippen LogP contribution >= 0.6 is 0 Å². The SMILES string of the molecule is CC1CN(Cc2ccccc2C#N)CCC1=O. The monoisotopic (exact) mass is 228 g/mol. The summed E-state index contributed by atoms with van der Waals surface area (Å²) in [6, 6.07) is 9.87. The van der Waals surface area contributed by atoms with Gasteiger partial charge in [0.2, 0.25) is 0 Å². The molecule has 0 aromatic heterocycles. The molecule has 1 unspecified atom stereocenters.